The fourth-order valence-electron chi connectivity index (χ4n) is 1.60. The summed E-state index contributed by atoms with van der Waals surface area (Å²) in [6, 6.07) is 0. The molecule has 1 aliphatic heterocycles. The van der Waals surface area contributed by atoms with Crippen molar-refractivity contribution >= 4 is 5.91 Å². The van der Waals surface area contributed by atoms with Gasteiger partial charge in [0, 0.05) is 26.1 Å². The molecule has 86 valence electrons. The third-order valence-electron chi connectivity index (χ3n) is 2.44. The van der Waals surface area contributed by atoms with E-state index in [1.807, 2.05) is 12.2 Å². The first kappa shape index (κ1) is 12.2. The summed E-state index contributed by atoms with van der Waals surface area (Å²) in [5.74, 6) is 0.0900. The van der Waals surface area contributed by atoms with Crippen molar-refractivity contribution in [1.29, 1.82) is 0 Å². The number of ether oxygens (including phenoxy) is 1. The van der Waals surface area contributed by atoms with Gasteiger partial charge in [-0.3, -0.25) is 4.79 Å². The van der Waals surface area contributed by atoms with Crippen LogP contribution in [0.5, 0.6) is 0 Å². The Morgan fingerprint density at radius 3 is 3.07 bits per heavy atom. The molecule has 0 saturated carbocycles. The second-order valence-corrected chi connectivity index (χ2v) is 3.68. The molecule has 0 aromatic carbocycles. The number of amides is 1. The minimum Gasteiger partial charge on any atom is -0.378 e. The fraction of sp³-hybridized carbons (Fsp3) is 0.727. The molecule has 15 heavy (non-hydrogen) atoms. The van der Waals surface area contributed by atoms with E-state index in [1.54, 1.807) is 0 Å². The van der Waals surface area contributed by atoms with Crippen LogP contribution in [0.3, 0.4) is 0 Å². The van der Waals surface area contributed by atoms with Gasteiger partial charge in [-0.2, -0.15) is 0 Å². The maximum atomic E-state index is 11.3. The van der Waals surface area contributed by atoms with Crippen LogP contribution in [0, 0.1) is 0 Å². The van der Waals surface area contributed by atoms with Crippen LogP contribution in [0.2, 0.25) is 0 Å². The zero-order chi connectivity index (χ0) is 10.9. The number of nitrogens with two attached hydrogens (primary N) is 1. The highest BCUT2D eigenvalue weighted by molar-refractivity contribution is 5.76. The van der Waals surface area contributed by atoms with Crippen LogP contribution in [-0.2, 0) is 9.53 Å². The molecule has 1 amide bonds. The maximum absolute atomic E-state index is 11.3. The van der Waals surface area contributed by atoms with E-state index in [9.17, 15) is 4.79 Å². The van der Waals surface area contributed by atoms with E-state index in [0.29, 0.717) is 25.6 Å². The molecule has 1 fully saturated rings. The van der Waals surface area contributed by atoms with Gasteiger partial charge in [-0.05, 0) is 19.3 Å². The Morgan fingerprint density at radius 1 is 1.53 bits per heavy atom. The third kappa shape index (κ3) is 5.54. The molecule has 4 nitrogen and oxygen atoms in total. The summed E-state index contributed by atoms with van der Waals surface area (Å²) in [5.41, 5.74) is 5.27. The first-order chi connectivity index (χ1) is 7.33. The summed E-state index contributed by atoms with van der Waals surface area (Å²) in [6.07, 6.45) is 7.62. The summed E-state index contributed by atoms with van der Waals surface area (Å²) < 4.78 is 5.44. The molecular formula is C11H20N2O2. The van der Waals surface area contributed by atoms with Crippen LogP contribution in [-0.4, -0.2) is 31.7 Å². The Labute approximate surface area is 90.9 Å². The van der Waals surface area contributed by atoms with E-state index in [-0.39, 0.29) is 5.91 Å². The number of nitrogens with one attached hydrogen (secondary N) is 1. The normalized spacial score (nSPS) is 21.0. The minimum absolute atomic E-state index is 0.0900. The molecule has 0 spiro atoms. The van der Waals surface area contributed by atoms with E-state index < -0.39 is 0 Å². The van der Waals surface area contributed by atoms with Gasteiger partial charge in [0.1, 0.15) is 0 Å². The summed E-state index contributed by atoms with van der Waals surface area (Å²) in [7, 11) is 0. The Hall–Kier alpha value is -0.870. The van der Waals surface area contributed by atoms with Crippen molar-refractivity contribution in [2.45, 2.75) is 31.8 Å². The molecule has 1 atom stereocenters. The van der Waals surface area contributed by atoms with E-state index in [0.717, 1.165) is 25.9 Å². The Kier molecular flexibility index (Phi) is 6.04. The lowest BCUT2D eigenvalue weighted by atomic mass is 10.1. The van der Waals surface area contributed by atoms with Crippen LogP contribution >= 0.6 is 0 Å². The molecule has 3 N–H and O–H groups in total. The van der Waals surface area contributed by atoms with Crippen molar-refractivity contribution in [1.82, 2.24) is 5.32 Å². The fourth-order valence-corrected chi connectivity index (χ4v) is 1.60. The van der Waals surface area contributed by atoms with Crippen LogP contribution in [0.1, 0.15) is 25.7 Å². The predicted octanol–water partition coefficient (Wildman–Crippen LogP) is 0.577. The Bertz CT molecular complexity index is 211. The number of hydrogen-bond donors (Lipinski definition) is 2. The molecule has 0 aromatic heterocycles. The molecule has 0 aliphatic carbocycles. The van der Waals surface area contributed by atoms with Gasteiger partial charge in [0.25, 0.3) is 0 Å². The van der Waals surface area contributed by atoms with E-state index in [1.165, 1.54) is 0 Å². The van der Waals surface area contributed by atoms with Crippen molar-refractivity contribution in [3.8, 4) is 0 Å². The molecule has 0 radical (unpaired) electrons. The van der Waals surface area contributed by atoms with E-state index in [2.05, 4.69) is 5.32 Å². The highest BCUT2D eigenvalue weighted by Gasteiger charge is 2.16. The van der Waals surface area contributed by atoms with Gasteiger partial charge in [-0.15, -0.1) is 0 Å². The first-order valence-electron chi connectivity index (χ1n) is 5.56. The molecule has 4 heteroatoms. The zero-order valence-corrected chi connectivity index (χ0v) is 9.08. The highest BCUT2D eigenvalue weighted by Crippen LogP contribution is 2.16. The van der Waals surface area contributed by atoms with Crippen LogP contribution in [0.4, 0.5) is 0 Å². The van der Waals surface area contributed by atoms with Crippen molar-refractivity contribution < 1.29 is 9.53 Å². The Balaban J connectivity index is 2.00. The predicted molar refractivity (Wildman–Crippen MR) is 59.4 cm³/mol. The molecule has 0 aromatic rings. The number of rotatable bonds is 6. The lowest BCUT2D eigenvalue weighted by Gasteiger charge is -2.08. The maximum Gasteiger partial charge on any atom is 0.220 e. The number of carbonyl (C=O) groups is 1. The van der Waals surface area contributed by atoms with Gasteiger partial charge in [0.15, 0.2) is 0 Å². The topological polar surface area (TPSA) is 64.3 Å². The SMILES string of the molecule is NC/C=C/CNC(=O)CCC1CCCO1. The highest BCUT2D eigenvalue weighted by atomic mass is 16.5. The molecule has 0 bridgehead atoms. The van der Waals surface area contributed by atoms with Crippen molar-refractivity contribution in [3.63, 3.8) is 0 Å². The van der Waals surface area contributed by atoms with E-state index >= 15 is 0 Å². The van der Waals surface area contributed by atoms with Crippen molar-refractivity contribution in [2.24, 2.45) is 5.73 Å². The minimum atomic E-state index is 0.0900. The van der Waals surface area contributed by atoms with Gasteiger partial charge in [-0.1, -0.05) is 12.2 Å². The Morgan fingerprint density at radius 2 is 2.40 bits per heavy atom. The van der Waals surface area contributed by atoms with E-state index in [4.69, 9.17) is 10.5 Å². The van der Waals surface area contributed by atoms with Crippen LogP contribution in [0.25, 0.3) is 0 Å². The lowest BCUT2D eigenvalue weighted by Crippen LogP contribution is -2.24. The summed E-state index contributed by atoms with van der Waals surface area (Å²) in [5, 5.41) is 2.80. The molecule has 1 saturated heterocycles. The smallest absolute Gasteiger partial charge is 0.220 e. The lowest BCUT2D eigenvalue weighted by molar-refractivity contribution is -0.121. The second kappa shape index (κ2) is 7.43. The number of carbonyl (C=O) groups excluding carboxylic acids is 1. The standard InChI is InChI=1S/C11H20N2O2/c12-7-1-2-8-13-11(14)6-5-10-4-3-9-15-10/h1-2,10H,3-9,12H2,(H,13,14)/b2-1+. The summed E-state index contributed by atoms with van der Waals surface area (Å²) >= 11 is 0. The molecule has 1 rings (SSSR count). The zero-order valence-electron chi connectivity index (χ0n) is 9.08. The van der Waals surface area contributed by atoms with Crippen LogP contribution < -0.4 is 11.1 Å². The van der Waals surface area contributed by atoms with Gasteiger partial charge in [0.2, 0.25) is 5.91 Å². The summed E-state index contributed by atoms with van der Waals surface area (Å²) in [4.78, 5) is 11.3. The average molecular weight is 212 g/mol. The monoisotopic (exact) mass is 212 g/mol. The largest absolute Gasteiger partial charge is 0.378 e. The second-order valence-electron chi connectivity index (χ2n) is 3.68. The molecule has 1 unspecified atom stereocenters. The van der Waals surface area contributed by atoms with Gasteiger partial charge < -0.3 is 15.8 Å². The average Bonchev–Trinajstić information content (AvgIpc) is 2.74. The third-order valence-corrected chi connectivity index (χ3v) is 2.44. The summed E-state index contributed by atoms with van der Waals surface area (Å²) in [6.45, 7) is 1.94. The van der Waals surface area contributed by atoms with Crippen molar-refractivity contribution in [3.05, 3.63) is 12.2 Å². The number of hydrogen-bond acceptors (Lipinski definition) is 3. The van der Waals surface area contributed by atoms with Crippen LogP contribution in [0.15, 0.2) is 12.2 Å². The molecular weight excluding hydrogens is 192 g/mol. The quantitative estimate of drug-likeness (QED) is 0.633. The van der Waals surface area contributed by atoms with Gasteiger partial charge in [0.05, 0.1) is 6.10 Å². The van der Waals surface area contributed by atoms with Crippen molar-refractivity contribution in [2.75, 3.05) is 19.7 Å². The molecule has 1 heterocycles. The van der Waals surface area contributed by atoms with Gasteiger partial charge in [-0.25, -0.2) is 0 Å². The first-order valence-corrected chi connectivity index (χ1v) is 5.56. The van der Waals surface area contributed by atoms with Gasteiger partial charge >= 0.3 is 0 Å². The molecule has 1 aliphatic rings.